The third-order valence-corrected chi connectivity index (χ3v) is 6.32. The number of para-hydroxylation sites is 1. The fraction of sp³-hybridized carbons (Fsp3) is 0.150. The molecule has 2 aromatic carbocycles. The number of rotatable bonds is 2. The molecule has 1 aromatic heterocycles. The maximum absolute atomic E-state index is 6.37. The molecule has 0 N–H and O–H groups in total. The van der Waals surface area contributed by atoms with Crippen molar-refractivity contribution in [1.29, 1.82) is 0 Å². The highest BCUT2D eigenvalue weighted by molar-refractivity contribution is 9.10. The zero-order valence-electron chi connectivity index (χ0n) is 13.3. The van der Waals surface area contributed by atoms with Crippen LogP contribution in [0.25, 0.3) is 0 Å². The van der Waals surface area contributed by atoms with Crippen LogP contribution in [0.1, 0.15) is 34.7 Å². The molecular formula is C20H15BrN2OS. The summed E-state index contributed by atoms with van der Waals surface area (Å²) < 4.78 is 7.41. The van der Waals surface area contributed by atoms with E-state index >= 15 is 0 Å². The van der Waals surface area contributed by atoms with Crippen molar-refractivity contribution < 1.29 is 4.74 Å². The molecule has 0 unspecified atom stereocenters. The van der Waals surface area contributed by atoms with Crippen molar-refractivity contribution in [2.45, 2.75) is 18.7 Å². The maximum Gasteiger partial charge on any atom is 0.214 e. The first-order chi connectivity index (χ1) is 12.3. The number of hydrogen-bond acceptors (Lipinski definition) is 4. The summed E-state index contributed by atoms with van der Waals surface area (Å²) in [6.07, 6.45) is 0.676. The minimum absolute atomic E-state index is 0.208. The van der Waals surface area contributed by atoms with Crippen molar-refractivity contribution in [3.05, 3.63) is 86.5 Å². The smallest absolute Gasteiger partial charge is 0.214 e. The Morgan fingerprint density at radius 2 is 1.80 bits per heavy atom. The molecule has 3 heterocycles. The average Bonchev–Trinajstić information content (AvgIpc) is 3.31. The van der Waals surface area contributed by atoms with Crippen LogP contribution >= 0.6 is 27.3 Å². The molecule has 2 aliphatic heterocycles. The van der Waals surface area contributed by atoms with Crippen LogP contribution < -0.4 is 4.74 Å². The molecule has 25 heavy (non-hydrogen) atoms. The van der Waals surface area contributed by atoms with Gasteiger partial charge in [-0.2, -0.15) is 5.10 Å². The van der Waals surface area contributed by atoms with Gasteiger partial charge in [-0.15, -0.1) is 11.3 Å². The highest BCUT2D eigenvalue weighted by Gasteiger charge is 2.41. The van der Waals surface area contributed by atoms with Crippen molar-refractivity contribution in [1.82, 2.24) is 5.01 Å². The lowest BCUT2D eigenvalue weighted by Crippen LogP contribution is -2.33. The summed E-state index contributed by atoms with van der Waals surface area (Å²) in [7, 11) is 0. The van der Waals surface area contributed by atoms with Gasteiger partial charge in [0, 0.05) is 22.0 Å². The van der Waals surface area contributed by atoms with Gasteiger partial charge in [0.05, 0.1) is 16.6 Å². The quantitative estimate of drug-likeness (QED) is 0.536. The van der Waals surface area contributed by atoms with Crippen LogP contribution in [0, 0.1) is 0 Å². The summed E-state index contributed by atoms with van der Waals surface area (Å²) in [5.74, 6) is 0.951. The third-order valence-electron chi connectivity index (χ3n) is 4.68. The number of halogens is 1. The summed E-state index contributed by atoms with van der Waals surface area (Å²) in [5, 5.41) is 9.19. The second-order valence-electron chi connectivity index (χ2n) is 6.15. The molecule has 0 fully saturated rings. The number of fused-ring (bicyclic) bond motifs is 3. The van der Waals surface area contributed by atoms with Crippen LogP contribution in [0.4, 0.5) is 0 Å². The van der Waals surface area contributed by atoms with E-state index in [4.69, 9.17) is 9.84 Å². The molecule has 0 amide bonds. The fourth-order valence-corrected chi connectivity index (χ4v) is 4.71. The number of nitrogens with zero attached hydrogens (tertiary/aromatic N) is 2. The van der Waals surface area contributed by atoms with Gasteiger partial charge >= 0.3 is 0 Å². The first-order valence-corrected chi connectivity index (χ1v) is 9.88. The molecule has 3 aromatic rings. The minimum atomic E-state index is -0.229. The summed E-state index contributed by atoms with van der Waals surface area (Å²) in [5.41, 5.74) is 3.44. The van der Waals surface area contributed by atoms with E-state index < -0.39 is 0 Å². The Balaban J connectivity index is 1.63. The van der Waals surface area contributed by atoms with Crippen LogP contribution in [0.15, 0.2) is 75.6 Å². The van der Waals surface area contributed by atoms with Crippen LogP contribution in [0.5, 0.6) is 5.75 Å². The molecular weight excluding hydrogens is 396 g/mol. The third kappa shape index (κ3) is 2.50. The lowest BCUT2D eigenvalue weighted by Gasteiger charge is -2.38. The van der Waals surface area contributed by atoms with E-state index in [0.29, 0.717) is 0 Å². The van der Waals surface area contributed by atoms with E-state index in [1.165, 1.54) is 10.4 Å². The summed E-state index contributed by atoms with van der Waals surface area (Å²) in [6.45, 7) is 0. The lowest BCUT2D eigenvalue weighted by atomic mass is 9.98. The molecule has 0 spiro atoms. The number of benzene rings is 2. The van der Waals surface area contributed by atoms with E-state index in [1.54, 1.807) is 11.3 Å². The van der Waals surface area contributed by atoms with E-state index in [2.05, 4.69) is 62.7 Å². The number of hydrazone groups is 1. The Kier molecular flexibility index (Phi) is 3.64. The SMILES string of the molecule is Brc1ccccc1[C@H]1Oc2ccccc2[C@H]2CC(c3cccs3)=NN21. The van der Waals surface area contributed by atoms with Gasteiger partial charge in [-0.1, -0.05) is 58.4 Å². The highest BCUT2D eigenvalue weighted by atomic mass is 79.9. The zero-order valence-corrected chi connectivity index (χ0v) is 15.7. The van der Waals surface area contributed by atoms with Gasteiger partial charge in [0.2, 0.25) is 6.23 Å². The molecule has 0 saturated heterocycles. The molecule has 0 saturated carbocycles. The first-order valence-electron chi connectivity index (χ1n) is 8.21. The summed E-state index contributed by atoms with van der Waals surface area (Å²) >= 11 is 5.41. The van der Waals surface area contributed by atoms with Gasteiger partial charge < -0.3 is 4.74 Å². The van der Waals surface area contributed by atoms with Crippen molar-refractivity contribution in [2.75, 3.05) is 0 Å². The van der Waals surface area contributed by atoms with Crippen LogP contribution in [0.2, 0.25) is 0 Å². The topological polar surface area (TPSA) is 24.8 Å². The summed E-state index contributed by atoms with van der Waals surface area (Å²) in [6, 6.07) is 20.9. The Bertz CT molecular complexity index is 954. The highest BCUT2D eigenvalue weighted by Crippen LogP contribution is 2.48. The minimum Gasteiger partial charge on any atom is -0.464 e. The van der Waals surface area contributed by atoms with Crippen molar-refractivity contribution in [2.24, 2.45) is 5.10 Å². The molecule has 2 atom stereocenters. The van der Waals surface area contributed by atoms with Gasteiger partial charge in [0.1, 0.15) is 5.75 Å². The van der Waals surface area contributed by atoms with Crippen molar-refractivity contribution in [3.8, 4) is 5.75 Å². The Morgan fingerprint density at radius 1 is 1.00 bits per heavy atom. The average molecular weight is 411 g/mol. The lowest BCUT2D eigenvalue weighted by molar-refractivity contribution is -0.0195. The monoisotopic (exact) mass is 410 g/mol. The molecule has 2 aliphatic rings. The van der Waals surface area contributed by atoms with E-state index in [-0.39, 0.29) is 12.3 Å². The van der Waals surface area contributed by atoms with Gasteiger partial charge in [-0.3, -0.25) is 0 Å². The normalized spacial score (nSPS) is 21.3. The Hall–Kier alpha value is -2.11. The Labute approximate surface area is 158 Å². The molecule has 5 heteroatoms. The molecule has 3 nitrogen and oxygen atoms in total. The predicted molar refractivity (Wildman–Crippen MR) is 104 cm³/mol. The zero-order chi connectivity index (χ0) is 16.8. The number of thiophene rings is 1. The molecule has 124 valence electrons. The molecule has 0 bridgehead atoms. The number of ether oxygens (including phenoxy) is 1. The van der Waals surface area contributed by atoms with Crippen LogP contribution in [-0.4, -0.2) is 10.7 Å². The van der Waals surface area contributed by atoms with Crippen LogP contribution in [0.3, 0.4) is 0 Å². The van der Waals surface area contributed by atoms with Crippen LogP contribution in [-0.2, 0) is 0 Å². The van der Waals surface area contributed by atoms with Crippen molar-refractivity contribution in [3.63, 3.8) is 0 Å². The summed E-state index contributed by atoms with van der Waals surface area (Å²) in [4.78, 5) is 1.23. The Morgan fingerprint density at radius 3 is 2.60 bits per heavy atom. The molecule has 5 rings (SSSR count). The maximum atomic E-state index is 6.37. The van der Waals surface area contributed by atoms with E-state index in [9.17, 15) is 0 Å². The fourth-order valence-electron chi connectivity index (χ4n) is 3.51. The predicted octanol–water partition coefficient (Wildman–Crippen LogP) is 5.75. The standard InChI is InChI=1S/C20H15BrN2OS/c21-15-8-3-1-6-13(15)20-23-17(14-7-2-4-9-18(14)24-20)12-16(22-23)19-10-5-11-25-19/h1-11,17,20H,12H2/t17-,20-/m1/s1. The van der Waals surface area contributed by atoms with E-state index in [0.717, 1.165) is 27.9 Å². The second kappa shape index (κ2) is 6.00. The molecule has 0 aliphatic carbocycles. The van der Waals surface area contributed by atoms with Gasteiger partial charge in [-0.05, 0) is 23.6 Å². The molecule has 0 radical (unpaired) electrons. The second-order valence-corrected chi connectivity index (χ2v) is 7.96. The van der Waals surface area contributed by atoms with Gasteiger partial charge in [0.15, 0.2) is 0 Å². The van der Waals surface area contributed by atoms with Gasteiger partial charge in [0.25, 0.3) is 0 Å². The van der Waals surface area contributed by atoms with E-state index in [1.807, 2.05) is 24.3 Å². The van der Waals surface area contributed by atoms with Gasteiger partial charge in [-0.25, -0.2) is 5.01 Å². The van der Waals surface area contributed by atoms with Crippen molar-refractivity contribution >= 4 is 33.0 Å². The number of hydrogen-bond donors (Lipinski definition) is 0. The largest absolute Gasteiger partial charge is 0.464 e. The first kappa shape index (κ1) is 15.2.